The van der Waals surface area contributed by atoms with Crippen LogP contribution in [-0.4, -0.2) is 22.5 Å². The molecule has 1 N–H and O–H groups in total. The van der Waals surface area contributed by atoms with E-state index in [1.165, 1.54) is 0 Å². The molecule has 0 spiro atoms. The molecule has 0 aliphatic carbocycles. The molecule has 134 valence electrons. The highest BCUT2D eigenvalue weighted by Gasteiger charge is 2.20. The molecule has 5 heteroatoms. The number of anilines is 1. The van der Waals surface area contributed by atoms with E-state index in [2.05, 4.69) is 15.3 Å². The topological polar surface area (TPSA) is 64.1 Å². The number of aromatic nitrogens is 2. The minimum absolute atomic E-state index is 0.0253. The zero-order chi connectivity index (χ0) is 18.7. The normalized spacial score (nSPS) is 12.0. The van der Waals surface area contributed by atoms with Gasteiger partial charge in [0.05, 0.1) is 23.7 Å². The molecule has 3 rings (SSSR count). The molecule has 1 aromatic heterocycles. The summed E-state index contributed by atoms with van der Waals surface area (Å²) >= 11 is 0. The average molecular weight is 349 g/mol. The highest BCUT2D eigenvalue weighted by Crippen LogP contribution is 2.24. The summed E-state index contributed by atoms with van der Waals surface area (Å²) in [4.78, 5) is 21.6. The molecule has 5 nitrogen and oxygen atoms in total. The number of fused-ring (bicyclic) bond motifs is 1. The van der Waals surface area contributed by atoms with Gasteiger partial charge in [-0.25, -0.2) is 14.8 Å². The molecule has 0 bridgehead atoms. The molecule has 26 heavy (non-hydrogen) atoms. The van der Waals surface area contributed by atoms with E-state index in [0.717, 1.165) is 22.2 Å². The Bertz CT molecular complexity index is 939. The number of nitrogens with zero attached hydrogens (tertiary/aromatic N) is 2. The maximum atomic E-state index is 12.4. The van der Waals surface area contributed by atoms with E-state index in [4.69, 9.17) is 4.74 Å². The van der Waals surface area contributed by atoms with Crippen LogP contribution in [0.25, 0.3) is 11.0 Å². The van der Waals surface area contributed by atoms with Crippen LogP contribution in [-0.2, 0) is 4.74 Å². The Labute approximate surface area is 153 Å². The van der Waals surface area contributed by atoms with Gasteiger partial charge in [0.15, 0.2) is 11.5 Å². The summed E-state index contributed by atoms with van der Waals surface area (Å²) in [7, 11) is 0. The lowest BCUT2D eigenvalue weighted by molar-refractivity contribution is 0.0520. The summed E-state index contributed by atoms with van der Waals surface area (Å²) < 4.78 is 5.18. The molecule has 0 aliphatic heterocycles. The minimum atomic E-state index is -0.470. The van der Waals surface area contributed by atoms with Gasteiger partial charge in [0, 0.05) is 0 Å². The van der Waals surface area contributed by atoms with Crippen molar-refractivity contribution in [2.24, 2.45) is 0 Å². The van der Waals surface area contributed by atoms with Crippen molar-refractivity contribution in [1.82, 2.24) is 9.97 Å². The Hall–Kier alpha value is -2.95. The molecule has 0 radical (unpaired) electrons. The van der Waals surface area contributed by atoms with Crippen LogP contribution in [0.5, 0.6) is 0 Å². The average Bonchev–Trinajstić information content (AvgIpc) is 2.63. The standard InChI is InChI=1S/C21H23N3O2/c1-5-26-21(25)19-20(22-15(4)16-9-7-6-8-10-16)24-18-12-14(3)13(2)11-17(18)23-19/h6-12,15H,5H2,1-4H3,(H,22,24)/t15-/m0/s1. The Morgan fingerprint density at radius 3 is 2.31 bits per heavy atom. The van der Waals surface area contributed by atoms with Gasteiger partial charge in [0.2, 0.25) is 0 Å². The lowest BCUT2D eigenvalue weighted by Gasteiger charge is -2.17. The van der Waals surface area contributed by atoms with Gasteiger partial charge in [-0.3, -0.25) is 0 Å². The molecule has 0 saturated carbocycles. The highest BCUT2D eigenvalue weighted by molar-refractivity contribution is 5.95. The van der Waals surface area contributed by atoms with Crippen LogP contribution in [0.15, 0.2) is 42.5 Å². The molecule has 0 amide bonds. The molecule has 1 atom stereocenters. The second kappa shape index (κ2) is 7.52. The number of hydrogen-bond acceptors (Lipinski definition) is 5. The van der Waals surface area contributed by atoms with E-state index in [1.54, 1.807) is 6.92 Å². The van der Waals surface area contributed by atoms with E-state index in [1.807, 2.05) is 63.2 Å². The van der Waals surface area contributed by atoms with Crippen molar-refractivity contribution in [3.63, 3.8) is 0 Å². The third-order valence-corrected chi connectivity index (χ3v) is 4.40. The van der Waals surface area contributed by atoms with Crippen LogP contribution >= 0.6 is 0 Å². The second-order valence-electron chi connectivity index (χ2n) is 6.34. The predicted octanol–water partition coefficient (Wildman–Crippen LogP) is 4.60. The summed E-state index contributed by atoms with van der Waals surface area (Å²) in [5, 5.41) is 3.32. The van der Waals surface area contributed by atoms with Crippen molar-refractivity contribution >= 4 is 22.8 Å². The molecule has 0 aliphatic rings. The predicted molar refractivity (Wildman–Crippen MR) is 103 cm³/mol. The van der Waals surface area contributed by atoms with E-state index >= 15 is 0 Å². The molecule has 3 aromatic rings. The monoisotopic (exact) mass is 349 g/mol. The van der Waals surface area contributed by atoms with Crippen LogP contribution in [0, 0.1) is 13.8 Å². The Morgan fingerprint density at radius 2 is 1.69 bits per heavy atom. The highest BCUT2D eigenvalue weighted by atomic mass is 16.5. The first kappa shape index (κ1) is 17.9. The number of carbonyl (C=O) groups is 1. The van der Waals surface area contributed by atoms with E-state index < -0.39 is 5.97 Å². The first-order chi connectivity index (χ1) is 12.5. The SMILES string of the molecule is CCOC(=O)c1nc2cc(C)c(C)cc2nc1N[C@@H](C)c1ccccc1. The number of benzene rings is 2. The smallest absolute Gasteiger partial charge is 0.360 e. The van der Waals surface area contributed by atoms with E-state index in [9.17, 15) is 4.79 Å². The van der Waals surface area contributed by atoms with E-state index in [-0.39, 0.29) is 11.7 Å². The Balaban J connectivity index is 2.07. The van der Waals surface area contributed by atoms with Gasteiger partial charge in [-0.05, 0) is 56.5 Å². The minimum Gasteiger partial charge on any atom is -0.461 e. The number of nitrogens with one attached hydrogen (secondary N) is 1. The fraction of sp³-hybridized carbons (Fsp3) is 0.286. The summed E-state index contributed by atoms with van der Waals surface area (Å²) in [6.07, 6.45) is 0. The summed E-state index contributed by atoms with van der Waals surface area (Å²) in [6, 6.07) is 13.9. The van der Waals surface area contributed by atoms with Gasteiger partial charge in [-0.1, -0.05) is 30.3 Å². The van der Waals surface area contributed by atoms with Gasteiger partial charge in [0.1, 0.15) is 0 Å². The zero-order valence-electron chi connectivity index (χ0n) is 15.5. The molecule has 1 heterocycles. The summed E-state index contributed by atoms with van der Waals surface area (Å²) in [5.41, 5.74) is 5.00. The number of ether oxygens (including phenoxy) is 1. The molecular formula is C21H23N3O2. The summed E-state index contributed by atoms with van der Waals surface area (Å²) in [6.45, 7) is 8.15. The number of carbonyl (C=O) groups excluding carboxylic acids is 1. The number of hydrogen-bond donors (Lipinski definition) is 1. The number of rotatable bonds is 5. The number of esters is 1. The maximum absolute atomic E-state index is 12.4. The lowest BCUT2D eigenvalue weighted by atomic mass is 10.1. The van der Waals surface area contributed by atoms with Crippen molar-refractivity contribution in [1.29, 1.82) is 0 Å². The first-order valence-electron chi connectivity index (χ1n) is 8.77. The van der Waals surface area contributed by atoms with E-state index in [0.29, 0.717) is 17.9 Å². The van der Waals surface area contributed by atoms with Gasteiger partial charge in [0.25, 0.3) is 0 Å². The Kier molecular flexibility index (Phi) is 5.16. The largest absolute Gasteiger partial charge is 0.461 e. The van der Waals surface area contributed by atoms with Gasteiger partial charge >= 0.3 is 5.97 Å². The van der Waals surface area contributed by atoms with Crippen molar-refractivity contribution in [3.05, 3.63) is 64.8 Å². The van der Waals surface area contributed by atoms with Crippen LogP contribution < -0.4 is 5.32 Å². The quantitative estimate of drug-likeness (QED) is 0.682. The first-order valence-corrected chi connectivity index (χ1v) is 8.77. The van der Waals surface area contributed by atoms with Crippen molar-refractivity contribution < 1.29 is 9.53 Å². The zero-order valence-corrected chi connectivity index (χ0v) is 15.5. The molecular weight excluding hydrogens is 326 g/mol. The molecule has 0 saturated heterocycles. The lowest BCUT2D eigenvalue weighted by Crippen LogP contribution is -2.16. The Morgan fingerprint density at radius 1 is 1.08 bits per heavy atom. The molecule has 0 fully saturated rings. The third-order valence-electron chi connectivity index (χ3n) is 4.40. The fourth-order valence-electron chi connectivity index (χ4n) is 2.78. The molecule has 2 aromatic carbocycles. The third kappa shape index (κ3) is 3.67. The number of aryl methyl sites for hydroxylation is 2. The van der Waals surface area contributed by atoms with Crippen molar-refractivity contribution in [3.8, 4) is 0 Å². The second-order valence-corrected chi connectivity index (χ2v) is 6.34. The summed E-state index contributed by atoms with van der Waals surface area (Å²) in [5.74, 6) is -0.0292. The van der Waals surface area contributed by atoms with Crippen LogP contribution in [0.2, 0.25) is 0 Å². The van der Waals surface area contributed by atoms with Crippen LogP contribution in [0.1, 0.15) is 47.1 Å². The fourth-order valence-corrected chi connectivity index (χ4v) is 2.78. The van der Waals surface area contributed by atoms with Crippen LogP contribution in [0.3, 0.4) is 0 Å². The van der Waals surface area contributed by atoms with Crippen LogP contribution in [0.4, 0.5) is 5.82 Å². The van der Waals surface area contributed by atoms with Gasteiger partial charge < -0.3 is 10.1 Å². The van der Waals surface area contributed by atoms with Crippen molar-refractivity contribution in [2.75, 3.05) is 11.9 Å². The van der Waals surface area contributed by atoms with Crippen molar-refractivity contribution in [2.45, 2.75) is 33.7 Å². The molecule has 0 unspecified atom stereocenters. The van der Waals surface area contributed by atoms with Gasteiger partial charge in [-0.2, -0.15) is 0 Å². The maximum Gasteiger partial charge on any atom is 0.360 e. The van der Waals surface area contributed by atoms with Gasteiger partial charge in [-0.15, -0.1) is 0 Å².